The van der Waals surface area contributed by atoms with Gasteiger partial charge in [-0.15, -0.1) is 0 Å². The second kappa shape index (κ2) is 5.85. The Bertz CT molecular complexity index is 726. The van der Waals surface area contributed by atoms with Gasteiger partial charge in [-0.3, -0.25) is 9.59 Å². The standard InChI is InChI=1S/C16H12N2O2S/c19-15(17-11-6-2-1-3-7-11)10-14-16(20)18-12-8-4-5-9-13(12)21-14/h1-10H,(H,17,19)(H,18,20)/b14-10-. The van der Waals surface area contributed by atoms with Crippen molar-refractivity contribution < 1.29 is 9.59 Å². The summed E-state index contributed by atoms with van der Waals surface area (Å²) in [6, 6.07) is 16.6. The first-order chi connectivity index (χ1) is 10.2. The fraction of sp³-hybridized carbons (Fsp3) is 0. The third-order valence-electron chi connectivity index (χ3n) is 2.88. The molecule has 3 rings (SSSR count). The molecule has 0 atom stereocenters. The van der Waals surface area contributed by atoms with E-state index in [0.29, 0.717) is 10.6 Å². The summed E-state index contributed by atoms with van der Waals surface area (Å²) in [5.41, 5.74) is 1.47. The van der Waals surface area contributed by atoms with Gasteiger partial charge in [-0.1, -0.05) is 42.1 Å². The van der Waals surface area contributed by atoms with Crippen LogP contribution in [0.1, 0.15) is 0 Å². The fourth-order valence-electron chi connectivity index (χ4n) is 1.92. The van der Waals surface area contributed by atoms with E-state index in [-0.39, 0.29) is 11.8 Å². The largest absolute Gasteiger partial charge is 0.322 e. The molecule has 0 radical (unpaired) electrons. The molecule has 0 saturated carbocycles. The average molecular weight is 296 g/mol. The predicted molar refractivity (Wildman–Crippen MR) is 84.1 cm³/mol. The Morgan fingerprint density at radius 2 is 1.76 bits per heavy atom. The van der Waals surface area contributed by atoms with Crippen molar-refractivity contribution >= 4 is 35.0 Å². The number of fused-ring (bicyclic) bond motifs is 1. The van der Waals surface area contributed by atoms with E-state index < -0.39 is 0 Å². The molecular weight excluding hydrogens is 284 g/mol. The molecule has 5 heteroatoms. The van der Waals surface area contributed by atoms with Crippen LogP contribution in [0.5, 0.6) is 0 Å². The molecule has 4 nitrogen and oxygen atoms in total. The van der Waals surface area contributed by atoms with Crippen LogP contribution in [0.4, 0.5) is 11.4 Å². The number of hydrogen-bond acceptors (Lipinski definition) is 3. The van der Waals surface area contributed by atoms with E-state index in [9.17, 15) is 9.59 Å². The van der Waals surface area contributed by atoms with Crippen molar-refractivity contribution in [1.82, 2.24) is 0 Å². The van der Waals surface area contributed by atoms with Crippen LogP contribution in [0.25, 0.3) is 0 Å². The Hall–Kier alpha value is -2.53. The van der Waals surface area contributed by atoms with E-state index in [2.05, 4.69) is 10.6 Å². The van der Waals surface area contributed by atoms with Gasteiger partial charge >= 0.3 is 0 Å². The maximum atomic E-state index is 12.0. The Kier molecular flexibility index (Phi) is 3.75. The number of thioether (sulfide) groups is 1. The van der Waals surface area contributed by atoms with Crippen LogP contribution in [0, 0.1) is 0 Å². The van der Waals surface area contributed by atoms with Crippen LogP contribution in [0.15, 0.2) is 70.5 Å². The molecule has 21 heavy (non-hydrogen) atoms. The van der Waals surface area contributed by atoms with Crippen molar-refractivity contribution in [3.8, 4) is 0 Å². The number of carbonyl (C=O) groups is 2. The van der Waals surface area contributed by atoms with E-state index in [4.69, 9.17) is 0 Å². The second-order valence-corrected chi connectivity index (χ2v) is 5.50. The lowest BCUT2D eigenvalue weighted by Crippen LogP contribution is -2.19. The number of hydrogen-bond donors (Lipinski definition) is 2. The van der Waals surface area contributed by atoms with E-state index in [1.54, 1.807) is 12.1 Å². The normalized spacial score (nSPS) is 15.2. The molecule has 1 heterocycles. The fourth-order valence-corrected chi connectivity index (χ4v) is 2.84. The predicted octanol–water partition coefficient (Wildman–Crippen LogP) is 3.25. The highest BCUT2D eigenvalue weighted by molar-refractivity contribution is 8.04. The van der Waals surface area contributed by atoms with Crippen LogP contribution < -0.4 is 10.6 Å². The van der Waals surface area contributed by atoms with Crippen molar-refractivity contribution in [1.29, 1.82) is 0 Å². The number of rotatable bonds is 2. The second-order valence-electron chi connectivity index (χ2n) is 4.42. The van der Waals surface area contributed by atoms with E-state index >= 15 is 0 Å². The van der Waals surface area contributed by atoms with Gasteiger partial charge in [0.15, 0.2) is 0 Å². The first kappa shape index (κ1) is 13.5. The van der Waals surface area contributed by atoms with Crippen LogP contribution in [-0.2, 0) is 9.59 Å². The molecule has 2 N–H and O–H groups in total. The lowest BCUT2D eigenvalue weighted by molar-refractivity contribution is -0.114. The molecule has 0 fully saturated rings. The van der Waals surface area contributed by atoms with Gasteiger partial charge in [0.25, 0.3) is 5.91 Å². The number of amides is 2. The topological polar surface area (TPSA) is 58.2 Å². The Labute approximate surface area is 126 Å². The van der Waals surface area contributed by atoms with E-state index in [0.717, 1.165) is 10.6 Å². The first-order valence-electron chi connectivity index (χ1n) is 6.38. The Balaban J connectivity index is 1.77. The minimum Gasteiger partial charge on any atom is -0.322 e. The summed E-state index contributed by atoms with van der Waals surface area (Å²) < 4.78 is 0. The SMILES string of the molecule is O=C(/C=C1\Sc2ccccc2NC1=O)Nc1ccccc1. The smallest absolute Gasteiger partial charge is 0.262 e. The highest BCUT2D eigenvalue weighted by Crippen LogP contribution is 2.37. The summed E-state index contributed by atoms with van der Waals surface area (Å²) in [6.45, 7) is 0. The maximum Gasteiger partial charge on any atom is 0.262 e. The molecule has 1 aliphatic heterocycles. The molecule has 0 bridgehead atoms. The van der Waals surface area contributed by atoms with Gasteiger partial charge < -0.3 is 10.6 Å². The molecule has 0 spiro atoms. The summed E-state index contributed by atoms with van der Waals surface area (Å²) in [4.78, 5) is 25.2. The lowest BCUT2D eigenvalue weighted by Gasteiger charge is -2.17. The molecule has 2 amide bonds. The zero-order valence-corrected chi connectivity index (χ0v) is 11.8. The zero-order chi connectivity index (χ0) is 14.7. The number of carbonyl (C=O) groups excluding carboxylic acids is 2. The van der Waals surface area contributed by atoms with Crippen LogP contribution in [-0.4, -0.2) is 11.8 Å². The summed E-state index contributed by atoms with van der Waals surface area (Å²) in [5.74, 6) is -0.583. The highest BCUT2D eigenvalue weighted by atomic mass is 32.2. The van der Waals surface area contributed by atoms with Crippen LogP contribution in [0.2, 0.25) is 0 Å². The Morgan fingerprint density at radius 3 is 2.57 bits per heavy atom. The average Bonchev–Trinajstić information content (AvgIpc) is 2.49. The maximum absolute atomic E-state index is 12.0. The van der Waals surface area contributed by atoms with Gasteiger partial charge in [-0.2, -0.15) is 0 Å². The monoisotopic (exact) mass is 296 g/mol. The molecule has 1 aliphatic rings. The van der Waals surface area contributed by atoms with E-state index in [1.165, 1.54) is 17.8 Å². The molecule has 2 aromatic rings. The van der Waals surface area contributed by atoms with Gasteiger partial charge in [0.05, 0.1) is 10.6 Å². The molecule has 0 unspecified atom stereocenters. The van der Waals surface area contributed by atoms with Crippen LogP contribution in [0.3, 0.4) is 0 Å². The Morgan fingerprint density at radius 1 is 1.05 bits per heavy atom. The van der Waals surface area contributed by atoms with Crippen LogP contribution >= 0.6 is 11.8 Å². The molecule has 0 saturated heterocycles. The molecule has 0 aliphatic carbocycles. The number of anilines is 2. The molecule has 104 valence electrons. The third kappa shape index (κ3) is 3.14. The van der Waals surface area contributed by atoms with Gasteiger partial charge in [-0.05, 0) is 24.3 Å². The zero-order valence-electron chi connectivity index (χ0n) is 11.0. The van der Waals surface area contributed by atoms with Crippen molar-refractivity contribution in [2.24, 2.45) is 0 Å². The van der Waals surface area contributed by atoms with Gasteiger partial charge in [0.1, 0.15) is 0 Å². The first-order valence-corrected chi connectivity index (χ1v) is 7.20. The number of para-hydroxylation sites is 2. The molecule has 0 aromatic heterocycles. The highest BCUT2D eigenvalue weighted by Gasteiger charge is 2.21. The third-order valence-corrected chi connectivity index (χ3v) is 3.98. The minimum atomic E-state index is -0.321. The summed E-state index contributed by atoms with van der Waals surface area (Å²) in [7, 11) is 0. The molecular formula is C16H12N2O2S. The minimum absolute atomic E-state index is 0.262. The lowest BCUT2D eigenvalue weighted by atomic mass is 10.3. The van der Waals surface area contributed by atoms with Crippen molar-refractivity contribution in [3.63, 3.8) is 0 Å². The van der Waals surface area contributed by atoms with Gasteiger partial charge in [0.2, 0.25) is 5.91 Å². The summed E-state index contributed by atoms with van der Waals surface area (Å²) in [5, 5.41) is 5.50. The summed E-state index contributed by atoms with van der Waals surface area (Å²) >= 11 is 1.29. The van der Waals surface area contributed by atoms with Crippen molar-refractivity contribution in [2.75, 3.05) is 10.6 Å². The quantitative estimate of drug-likeness (QED) is 0.836. The number of benzene rings is 2. The number of nitrogens with one attached hydrogen (secondary N) is 2. The summed E-state index contributed by atoms with van der Waals surface area (Å²) in [6.07, 6.45) is 1.32. The van der Waals surface area contributed by atoms with Crippen molar-refractivity contribution in [2.45, 2.75) is 4.90 Å². The molecule has 2 aromatic carbocycles. The van der Waals surface area contributed by atoms with Crippen molar-refractivity contribution in [3.05, 3.63) is 65.6 Å². The van der Waals surface area contributed by atoms with E-state index in [1.807, 2.05) is 42.5 Å². The van der Waals surface area contributed by atoms with Gasteiger partial charge in [0, 0.05) is 16.7 Å². The van der Waals surface area contributed by atoms with Gasteiger partial charge in [-0.25, -0.2) is 0 Å².